The van der Waals surface area contributed by atoms with Crippen LogP contribution in [0.4, 0.5) is 0 Å². The van der Waals surface area contributed by atoms with Gasteiger partial charge in [0.25, 0.3) is 5.91 Å². The van der Waals surface area contributed by atoms with Crippen LogP contribution in [0.5, 0.6) is 0 Å². The summed E-state index contributed by atoms with van der Waals surface area (Å²) in [6.07, 6.45) is 0.785. The topological polar surface area (TPSA) is 78.4 Å². The van der Waals surface area contributed by atoms with Gasteiger partial charge in [-0.25, -0.2) is 0 Å². The molecule has 1 rings (SSSR count). The lowest BCUT2D eigenvalue weighted by Gasteiger charge is -2.19. The molecule has 23 heavy (non-hydrogen) atoms. The highest BCUT2D eigenvalue weighted by Gasteiger charge is 2.14. The van der Waals surface area contributed by atoms with Crippen molar-refractivity contribution in [1.82, 2.24) is 10.6 Å². The van der Waals surface area contributed by atoms with Crippen molar-refractivity contribution in [3.8, 4) is 0 Å². The first-order valence-corrected chi connectivity index (χ1v) is 8.07. The van der Waals surface area contributed by atoms with E-state index in [0.717, 1.165) is 5.56 Å². The first-order chi connectivity index (χ1) is 10.7. The van der Waals surface area contributed by atoms with E-state index < -0.39 is 6.10 Å². The van der Waals surface area contributed by atoms with Gasteiger partial charge in [0, 0.05) is 12.1 Å². The van der Waals surface area contributed by atoms with Crippen molar-refractivity contribution in [3.05, 3.63) is 35.4 Å². The monoisotopic (exact) mass is 320 g/mol. The number of carbonyl (C=O) groups excluding carboxylic acids is 2. The SMILES string of the molecule is CCC(O)CCNC(=O)CNC(=O)c1ccc(C(C)(C)C)cc1. The van der Waals surface area contributed by atoms with Crippen LogP contribution in [0.3, 0.4) is 0 Å². The lowest BCUT2D eigenvalue weighted by Crippen LogP contribution is -2.37. The predicted octanol–water partition coefficient (Wildman–Crippen LogP) is 1.99. The third-order valence-corrected chi connectivity index (χ3v) is 3.69. The second-order valence-corrected chi connectivity index (χ2v) is 6.71. The van der Waals surface area contributed by atoms with Crippen molar-refractivity contribution >= 4 is 11.8 Å². The lowest BCUT2D eigenvalue weighted by atomic mass is 9.87. The highest BCUT2D eigenvalue weighted by atomic mass is 16.3. The molecule has 1 aromatic carbocycles. The molecular formula is C18H28N2O3. The van der Waals surface area contributed by atoms with Crippen LogP contribution >= 0.6 is 0 Å². The molecule has 0 fully saturated rings. The maximum atomic E-state index is 12.0. The van der Waals surface area contributed by atoms with Crippen molar-refractivity contribution < 1.29 is 14.7 Å². The fourth-order valence-corrected chi connectivity index (χ4v) is 2.03. The van der Waals surface area contributed by atoms with Crippen LogP contribution < -0.4 is 10.6 Å². The van der Waals surface area contributed by atoms with Crippen molar-refractivity contribution in [2.45, 2.75) is 52.1 Å². The zero-order valence-electron chi connectivity index (χ0n) is 14.5. The summed E-state index contributed by atoms with van der Waals surface area (Å²) in [5, 5.41) is 14.7. The number of benzene rings is 1. The summed E-state index contributed by atoms with van der Waals surface area (Å²) in [7, 11) is 0. The number of aliphatic hydroxyl groups is 1. The van der Waals surface area contributed by atoms with Crippen LogP contribution in [0.25, 0.3) is 0 Å². The van der Waals surface area contributed by atoms with Gasteiger partial charge in [0.2, 0.25) is 5.91 Å². The molecule has 0 heterocycles. The minimum atomic E-state index is -0.397. The summed E-state index contributed by atoms with van der Waals surface area (Å²) >= 11 is 0. The Balaban J connectivity index is 2.40. The third kappa shape index (κ3) is 6.82. The van der Waals surface area contributed by atoms with Gasteiger partial charge in [-0.05, 0) is 36.0 Å². The Kier molecular flexibility index (Phi) is 7.23. The molecule has 0 radical (unpaired) electrons. The van der Waals surface area contributed by atoms with E-state index >= 15 is 0 Å². The van der Waals surface area contributed by atoms with E-state index in [4.69, 9.17) is 0 Å². The zero-order valence-corrected chi connectivity index (χ0v) is 14.5. The highest BCUT2D eigenvalue weighted by Crippen LogP contribution is 2.22. The maximum Gasteiger partial charge on any atom is 0.251 e. The number of nitrogens with one attached hydrogen (secondary N) is 2. The molecule has 128 valence electrons. The van der Waals surface area contributed by atoms with Gasteiger partial charge in [-0.2, -0.15) is 0 Å². The normalized spacial score (nSPS) is 12.6. The molecule has 0 aliphatic heterocycles. The van der Waals surface area contributed by atoms with E-state index in [1.165, 1.54) is 0 Å². The van der Waals surface area contributed by atoms with Gasteiger partial charge >= 0.3 is 0 Å². The fraction of sp³-hybridized carbons (Fsp3) is 0.556. The van der Waals surface area contributed by atoms with E-state index in [0.29, 0.717) is 24.9 Å². The highest BCUT2D eigenvalue weighted by molar-refractivity contribution is 5.96. The van der Waals surface area contributed by atoms with Crippen LogP contribution in [0.1, 0.15) is 56.5 Å². The van der Waals surface area contributed by atoms with Gasteiger partial charge in [-0.3, -0.25) is 9.59 Å². The Morgan fingerprint density at radius 2 is 1.74 bits per heavy atom. The smallest absolute Gasteiger partial charge is 0.251 e. The third-order valence-electron chi connectivity index (χ3n) is 3.69. The van der Waals surface area contributed by atoms with E-state index in [2.05, 4.69) is 31.4 Å². The van der Waals surface area contributed by atoms with Crippen LogP contribution in [0, 0.1) is 0 Å². The van der Waals surface area contributed by atoms with E-state index in [1.54, 1.807) is 12.1 Å². The second-order valence-electron chi connectivity index (χ2n) is 6.71. The van der Waals surface area contributed by atoms with E-state index in [1.807, 2.05) is 19.1 Å². The molecular weight excluding hydrogens is 292 g/mol. The molecule has 5 nitrogen and oxygen atoms in total. The fourth-order valence-electron chi connectivity index (χ4n) is 2.03. The molecule has 0 spiro atoms. The molecule has 0 aliphatic rings. The molecule has 0 bridgehead atoms. The zero-order chi connectivity index (χ0) is 17.5. The number of aliphatic hydroxyl groups excluding tert-OH is 1. The van der Waals surface area contributed by atoms with Gasteiger partial charge < -0.3 is 15.7 Å². The summed E-state index contributed by atoms with van der Waals surface area (Å²) in [5.74, 6) is -0.526. The minimum Gasteiger partial charge on any atom is -0.393 e. The summed E-state index contributed by atoms with van der Waals surface area (Å²) in [4.78, 5) is 23.6. The molecule has 1 unspecified atom stereocenters. The van der Waals surface area contributed by atoms with Crippen molar-refractivity contribution in [2.24, 2.45) is 0 Å². The summed E-state index contributed by atoms with van der Waals surface area (Å²) < 4.78 is 0. The Morgan fingerprint density at radius 3 is 2.26 bits per heavy atom. The first kappa shape index (κ1) is 19.2. The van der Waals surface area contributed by atoms with Crippen LogP contribution in [0.2, 0.25) is 0 Å². The number of rotatable bonds is 7. The van der Waals surface area contributed by atoms with E-state index in [9.17, 15) is 14.7 Å². The largest absolute Gasteiger partial charge is 0.393 e. The summed E-state index contributed by atoms with van der Waals surface area (Å²) in [5.41, 5.74) is 1.73. The van der Waals surface area contributed by atoms with Crippen LogP contribution in [0.15, 0.2) is 24.3 Å². The number of hydrogen-bond acceptors (Lipinski definition) is 3. The van der Waals surface area contributed by atoms with Crippen molar-refractivity contribution in [1.29, 1.82) is 0 Å². The van der Waals surface area contributed by atoms with Gasteiger partial charge in [0.15, 0.2) is 0 Å². The van der Waals surface area contributed by atoms with Crippen molar-refractivity contribution in [3.63, 3.8) is 0 Å². The minimum absolute atomic E-state index is 0.0396. The lowest BCUT2D eigenvalue weighted by molar-refractivity contribution is -0.120. The molecule has 5 heteroatoms. The average Bonchev–Trinajstić information content (AvgIpc) is 2.51. The Hall–Kier alpha value is -1.88. The number of carbonyl (C=O) groups is 2. The van der Waals surface area contributed by atoms with Gasteiger partial charge in [0.1, 0.15) is 0 Å². The molecule has 0 saturated carbocycles. The summed E-state index contributed by atoms with van der Waals surface area (Å²) in [6.45, 7) is 8.56. The van der Waals surface area contributed by atoms with Gasteiger partial charge in [0.05, 0.1) is 12.6 Å². The van der Waals surface area contributed by atoms with Gasteiger partial charge in [-0.15, -0.1) is 0 Å². The molecule has 0 aromatic heterocycles. The quantitative estimate of drug-likeness (QED) is 0.719. The van der Waals surface area contributed by atoms with Crippen LogP contribution in [-0.4, -0.2) is 36.1 Å². The summed E-state index contributed by atoms with van der Waals surface area (Å²) in [6, 6.07) is 7.40. The molecule has 3 N–H and O–H groups in total. The van der Waals surface area contributed by atoms with Crippen molar-refractivity contribution in [2.75, 3.05) is 13.1 Å². The number of hydrogen-bond donors (Lipinski definition) is 3. The Labute approximate surface area is 138 Å². The van der Waals surface area contributed by atoms with Gasteiger partial charge in [-0.1, -0.05) is 39.8 Å². The standard InChI is InChI=1S/C18H28N2O3/c1-5-15(21)10-11-19-16(22)12-20-17(23)13-6-8-14(9-7-13)18(2,3)4/h6-9,15,21H,5,10-12H2,1-4H3,(H,19,22)(H,20,23). The molecule has 0 saturated heterocycles. The predicted molar refractivity (Wildman–Crippen MR) is 91.4 cm³/mol. The molecule has 1 atom stereocenters. The Morgan fingerprint density at radius 1 is 1.13 bits per heavy atom. The Bertz CT molecular complexity index is 518. The first-order valence-electron chi connectivity index (χ1n) is 8.07. The molecule has 0 aliphatic carbocycles. The average molecular weight is 320 g/mol. The molecule has 2 amide bonds. The number of amides is 2. The second kappa shape index (κ2) is 8.67. The maximum absolute atomic E-state index is 12.0. The molecule has 1 aromatic rings. The van der Waals surface area contributed by atoms with E-state index in [-0.39, 0.29) is 23.8 Å². The van der Waals surface area contributed by atoms with Crippen LogP contribution in [-0.2, 0) is 10.2 Å².